The third-order valence-electron chi connectivity index (χ3n) is 5.39. The summed E-state index contributed by atoms with van der Waals surface area (Å²) in [6.07, 6.45) is -0.658. The molecule has 0 spiro atoms. The van der Waals surface area contributed by atoms with E-state index in [0.29, 0.717) is 39.6 Å². The minimum absolute atomic E-state index is 0.336. The van der Waals surface area contributed by atoms with Crippen molar-refractivity contribution in [2.24, 2.45) is 5.41 Å². The summed E-state index contributed by atoms with van der Waals surface area (Å²) in [4.78, 5) is 0. The smallest absolute Gasteiger partial charge is 0.0717 e. The van der Waals surface area contributed by atoms with Crippen molar-refractivity contribution < 1.29 is 19.3 Å². The van der Waals surface area contributed by atoms with Gasteiger partial charge >= 0.3 is 0 Å². The van der Waals surface area contributed by atoms with Gasteiger partial charge in [0, 0.05) is 0 Å². The van der Waals surface area contributed by atoms with Crippen LogP contribution in [-0.2, 0) is 34.0 Å². The standard InChI is InChI=1S/C27H32O4/c1-23(28)27(20-29-17-24-11-5-2-6-12-24,21-30-18-25-13-7-3-8-14-25)22-31-19-26-15-9-4-10-16-26/h2-16,23,28H,17-22H2,1H3. The molecule has 4 nitrogen and oxygen atoms in total. The maximum absolute atomic E-state index is 10.7. The van der Waals surface area contributed by atoms with Crippen molar-refractivity contribution in [1.29, 1.82) is 0 Å². The number of aliphatic hydroxyl groups excluding tert-OH is 1. The first-order valence-corrected chi connectivity index (χ1v) is 10.7. The second-order valence-corrected chi connectivity index (χ2v) is 7.97. The Balaban J connectivity index is 1.62. The van der Waals surface area contributed by atoms with Crippen molar-refractivity contribution in [2.45, 2.75) is 32.8 Å². The van der Waals surface area contributed by atoms with Gasteiger partial charge < -0.3 is 19.3 Å². The van der Waals surface area contributed by atoms with Gasteiger partial charge in [0.05, 0.1) is 51.2 Å². The van der Waals surface area contributed by atoms with Gasteiger partial charge in [-0.05, 0) is 23.6 Å². The van der Waals surface area contributed by atoms with Gasteiger partial charge in [0.15, 0.2) is 0 Å². The van der Waals surface area contributed by atoms with Crippen molar-refractivity contribution in [3.8, 4) is 0 Å². The van der Waals surface area contributed by atoms with E-state index in [2.05, 4.69) is 0 Å². The Labute approximate surface area is 185 Å². The lowest BCUT2D eigenvalue weighted by atomic mass is 9.85. The first-order valence-electron chi connectivity index (χ1n) is 10.7. The number of hydrogen-bond acceptors (Lipinski definition) is 4. The lowest BCUT2D eigenvalue weighted by Gasteiger charge is -2.36. The predicted molar refractivity (Wildman–Crippen MR) is 122 cm³/mol. The van der Waals surface area contributed by atoms with Crippen LogP contribution >= 0.6 is 0 Å². The lowest BCUT2D eigenvalue weighted by molar-refractivity contribution is -0.130. The fourth-order valence-electron chi connectivity index (χ4n) is 3.33. The molecule has 0 aliphatic carbocycles. The molecule has 31 heavy (non-hydrogen) atoms. The zero-order chi connectivity index (χ0) is 21.8. The minimum atomic E-state index is -0.668. The Kier molecular flexibility index (Phi) is 9.25. The van der Waals surface area contributed by atoms with Gasteiger partial charge in [-0.3, -0.25) is 0 Å². The van der Waals surface area contributed by atoms with E-state index in [1.54, 1.807) is 6.92 Å². The van der Waals surface area contributed by atoms with E-state index >= 15 is 0 Å². The van der Waals surface area contributed by atoms with Crippen LogP contribution in [0.15, 0.2) is 91.0 Å². The average Bonchev–Trinajstić information content (AvgIpc) is 2.81. The summed E-state index contributed by atoms with van der Waals surface area (Å²) in [5.41, 5.74) is 2.62. The van der Waals surface area contributed by atoms with E-state index in [1.807, 2.05) is 91.0 Å². The van der Waals surface area contributed by atoms with Crippen LogP contribution in [0.2, 0.25) is 0 Å². The molecule has 1 unspecified atom stereocenters. The van der Waals surface area contributed by atoms with Gasteiger partial charge in [-0.1, -0.05) is 91.0 Å². The fraction of sp³-hybridized carbons (Fsp3) is 0.333. The molecule has 1 atom stereocenters. The largest absolute Gasteiger partial charge is 0.393 e. The number of benzene rings is 3. The molecule has 3 aromatic carbocycles. The monoisotopic (exact) mass is 420 g/mol. The van der Waals surface area contributed by atoms with Gasteiger partial charge in [-0.25, -0.2) is 0 Å². The maximum Gasteiger partial charge on any atom is 0.0717 e. The van der Waals surface area contributed by atoms with Crippen LogP contribution in [0.25, 0.3) is 0 Å². The molecule has 3 aromatic rings. The Morgan fingerprint density at radius 2 is 0.871 bits per heavy atom. The Hall–Kier alpha value is -2.50. The van der Waals surface area contributed by atoms with Gasteiger partial charge in [0.25, 0.3) is 0 Å². The normalized spacial score (nSPS) is 12.6. The Morgan fingerprint density at radius 1 is 0.581 bits per heavy atom. The van der Waals surface area contributed by atoms with E-state index in [4.69, 9.17) is 14.2 Å². The summed E-state index contributed by atoms with van der Waals surface area (Å²) >= 11 is 0. The quantitative estimate of drug-likeness (QED) is 0.423. The van der Waals surface area contributed by atoms with Crippen molar-refractivity contribution in [3.05, 3.63) is 108 Å². The van der Waals surface area contributed by atoms with Crippen LogP contribution in [-0.4, -0.2) is 31.0 Å². The Bertz CT molecular complexity index is 739. The maximum atomic E-state index is 10.7. The molecule has 0 aromatic heterocycles. The zero-order valence-corrected chi connectivity index (χ0v) is 18.2. The molecular formula is C27H32O4. The van der Waals surface area contributed by atoms with Crippen molar-refractivity contribution in [3.63, 3.8) is 0 Å². The molecule has 0 aliphatic heterocycles. The van der Waals surface area contributed by atoms with E-state index in [0.717, 1.165) is 16.7 Å². The van der Waals surface area contributed by atoms with Crippen LogP contribution in [0, 0.1) is 5.41 Å². The third-order valence-corrected chi connectivity index (χ3v) is 5.39. The summed E-state index contributed by atoms with van der Waals surface area (Å²) in [5.74, 6) is 0. The van der Waals surface area contributed by atoms with Crippen LogP contribution in [0.5, 0.6) is 0 Å². The summed E-state index contributed by atoms with van der Waals surface area (Å²) < 4.78 is 18.1. The molecule has 0 heterocycles. The van der Waals surface area contributed by atoms with E-state index in [-0.39, 0.29) is 0 Å². The van der Waals surface area contributed by atoms with Gasteiger partial charge in [0.2, 0.25) is 0 Å². The Morgan fingerprint density at radius 3 is 1.13 bits per heavy atom. The van der Waals surface area contributed by atoms with E-state index in [1.165, 1.54) is 0 Å². The molecule has 0 radical (unpaired) electrons. The van der Waals surface area contributed by atoms with Gasteiger partial charge in [0.1, 0.15) is 0 Å². The van der Waals surface area contributed by atoms with Crippen LogP contribution in [0.3, 0.4) is 0 Å². The first-order chi connectivity index (χ1) is 15.2. The highest BCUT2D eigenvalue weighted by molar-refractivity contribution is 5.15. The highest BCUT2D eigenvalue weighted by atomic mass is 16.5. The third kappa shape index (κ3) is 7.60. The molecule has 4 heteroatoms. The van der Waals surface area contributed by atoms with Crippen molar-refractivity contribution in [2.75, 3.05) is 19.8 Å². The molecule has 3 rings (SSSR count). The molecule has 1 N–H and O–H groups in total. The summed E-state index contributed by atoms with van der Waals surface area (Å²) in [6.45, 7) is 4.23. The molecule has 0 bridgehead atoms. The predicted octanol–water partition coefficient (Wildman–Crippen LogP) is 5.00. The molecule has 164 valence electrons. The van der Waals surface area contributed by atoms with Crippen LogP contribution < -0.4 is 0 Å². The second kappa shape index (κ2) is 12.4. The zero-order valence-electron chi connectivity index (χ0n) is 18.2. The van der Waals surface area contributed by atoms with Crippen molar-refractivity contribution in [1.82, 2.24) is 0 Å². The molecule has 0 saturated heterocycles. The number of ether oxygens (including phenoxy) is 3. The summed E-state index contributed by atoms with van der Waals surface area (Å²) in [5, 5.41) is 10.7. The number of aliphatic hydroxyl groups is 1. The number of rotatable bonds is 13. The van der Waals surface area contributed by atoms with Crippen molar-refractivity contribution >= 4 is 0 Å². The lowest BCUT2D eigenvalue weighted by Crippen LogP contribution is -2.46. The summed E-state index contributed by atoms with van der Waals surface area (Å²) in [7, 11) is 0. The molecule has 0 fully saturated rings. The van der Waals surface area contributed by atoms with E-state index in [9.17, 15) is 5.11 Å². The SMILES string of the molecule is CC(O)C(COCc1ccccc1)(COCc1ccccc1)COCc1ccccc1. The topological polar surface area (TPSA) is 47.9 Å². The highest BCUT2D eigenvalue weighted by Gasteiger charge is 2.37. The molecule has 0 saturated carbocycles. The summed E-state index contributed by atoms with van der Waals surface area (Å²) in [6, 6.07) is 30.1. The first kappa shape index (κ1) is 23.2. The molecule has 0 aliphatic rings. The number of hydrogen-bond donors (Lipinski definition) is 1. The van der Waals surface area contributed by atoms with E-state index < -0.39 is 11.5 Å². The van der Waals surface area contributed by atoms with Gasteiger partial charge in [-0.15, -0.1) is 0 Å². The fourth-order valence-corrected chi connectivity index (χ4v) is 3.33. The minimum Gasteiger partial charge on any atom is -0.393 e. The molecule has 0 amide bonds. The second-order valence-electron chi connectivity index (χ2n) is 7.97. The highest BCUT2D eigenvalue weighted by Crippen LogP contribution is 2.26. The van der Waals surface area contributed by atoms with Crippen LogP contribution in [0.1, 0.15) is 23.6 Å². The van der Waals surface area contributed by atoms with Gasteiger partial charge in [-0.2, -0.15) is 0 Å². The van der Waals surface area contributed by atoms with Crippen LogP contribution in [0.4, 0.5) is 0 Å². The molecular weight excluding hydrogens is 388 g/mol. The average molecular weight is 421 g/mol.